The summed E-state index contributed by atoms with van der Waals surface area (Å²) >= 11 is 0. The van der Waals surface area contributed by atoms with Crippen LogP contribution in [0.25, 0.3) is 0 Å². The SMILES string of the molecule is CCC1CCCC2(C1)C[C@@H](O)c1ccccc1O2. The second-order valence-corrected chi connectivity index (χ2v) is 5.91. The van der Waals surface area contributed by atoms with Gasteiger partial charge in [-0.05, 0) is 31.2 Å². The highest BCUT2D eigenvalue weighted by Gasteiger charge is 2.43. The number of para-hydroxylation sites is 1. The van der Waals surface area contributed by atoms with Crippen LogP contribution in [0.2, 0.25) is 0 Å². The maximum absolute atomic E-state index is 10.4. The van der Waals surface area contributed by atoms with E-state index in [1.807, 2.05) is 24.3 Å². The molecule has 2 heteroatoms. The largest absolute Gasteiger partial charge is 0.487 e. The molecule has 0 aromatic heterocycles. The van der Waals surface area contributed by atoms with Crippen molar-refractivity contribution in [1.29, 1.82) is 0 Å². The van der Waals surface area contributed by atoms with Gasteiger partial charge in [-0.1, -0.05) is 38.0 Å². The highest BCUT2D eigenvalue weighted by atomic mass is 16.5. The van der Waals surface area contributed by atoms with E-state index in [2.05, 4.69) is 6.92 Å². The Bertz CT molecular complexity index is 429. The zero-order valence-electron chi connectivity index (χ0n) is 11.1. The van der Waals surface area contributed by atoms with Crippen molar-refractivity contribution in [3.05, 3.63) is 29.8 Å². The van der Waals surface area contributed by atoms with Crippen LogP contribution in [0, 0.1) is 5.92 Å². The first-order valence-corrected chi connectivity index (χ1v) is 7.18. The monoisotopic (exact) mass is 246 g/mol. The topological polar surface area (TPSA) is 29.5 Å². The van der Waals surface area contributed by atoms with Crippen LogP contribution >= 0.6 is 0 Å². The van der Waals surface area contributed by atoms with Crippen LogP contribution in [0.5, 0.6) is 5.75 Å². The molecule has 1 aromatic carbocycles. The molecule has 2 unspecified atom stereocenters. The van der Waals surface area contributed by atoms with Crippen LogP contribution in [0.1, 0.15) is 57.1 Å². The first-order valence-electron chi connectivity index (χ1n) is 7.18. The third-order valence-corrected chi connectivity index (χ3v) is 4.65. The van der Waals surface area contributed by atoms with Gasteiger partial charge >= 0.3 is 0 Å². The lowest BCUT2D eigenvalue weighted by atomic mass is 9.72. The molecule has 98 valence electrons. The Kier molecular flexibility index (Phi) is 3.06. The molecule has 2 nitrogen and oxygen atoms in total. The third kappa shape index (κ3) is 2.03. The Morgan fingerprint density at radius 1 is 1.33 bits per heavy atom. The maximum atomic E-state index is 10.4. The second kappa shape index (κ2) is 4.58. The molecule has 1 fully saturated rings. The first kappa shape index (κ1) is 12.0. The van der Waals surface area contributed by atoms with E-state index in [0.29, 0.717) is 0 Å². The van der Waals surface area contributed by atoms with E-state index in [-0.39, 0.29) is 11.7 Å². The molecular formula is C16H22O2. The molecule has 1 N–H and O–H groups in total. The standard InChI is InChI=1S/C16H22O2/c1-2-12-6-5-9-16(10-12)11-14(17)13-7-3-4-8-15(13)18-16/h3-4,7-8,12,14,17H,2,5-6,9-11H2,1H3/t12?,14-,16?/m1/s1. The fourth-order valence-electron chi connectivity index (χ4n) is 3.66. The number of benzene rings is 1. The van der Waals surface area contributed by atoms with Gasteiger partial charge in [0.1, 0.15) is 11.4 Å². The summed E-state index contributed by atoms with van der Waals surface area (Å²) in [6.07, 6.45) is 6.38. The van der Waals surface area contributed by atoms with Crippen molar-refractivity contribution >= 4 is 0 Å². The Morgan fingerprint density at radius 3 is 3.00 bits per heavy atom. The van der Waals surface area contributed by atoms with Crippen molar-refractivity contribution in [2.24, 2.45) is 5.92 Å². The minimum absolute atomic E-state index is 0.104. The van der Waals surface area contributed by atoms with Gasteiger partial charge in [0, 0.05) is 12.0 Å². The summed E-state index contributed by atoms with van der Waals surface area (Å²) < 4.78 is 6.30. The van der Waals surface area contributed by atoms with Crippen LogP contribution < -0.4 is 4.74 Å². The normalized spacial score (nSPS) is 35.0. The summed E-state index contributed by atoms with van der Waals surface area (Å²) in [7, 11) is 0. The van der Waals surface area contributed by atoms with Crippen molar-refractivity contribution in [1.82, 2.24) is 0 Å². The maximum Gasteiger partial charge on any atom is 0.125 e. The molecule has 18 heavy (non-hydrogen) atoms. The molecule has 0 radical (unpaired) electrons. The van der Waals surface area contributed by atoms with Gasteiger partial charge in [-0.2, -0.15) is 0 Å². The molecule has 1 saturated carbocycles. The highest BCUT2D eigenvalue weighted by Crippen LogP contribution is 2.47. The minimum atomic E-state index is -0.356. The predicted molar refractivity (Wildman–Crippen MR) is 71.6 cm³/mol. The van der Waals surface area contributed by atoms with Crippen molar-refractivity contribution in [2.45, 2.75) is 57.2 Å². The summed E-state index contributed by atoms with van der Waals surface area (Å²) in [5.41, 5.74) is 0.855. The highest BCUT2D eigenvalue weighted by molar-refractivity contribution is 5.38. The minimum Gasteiger partial charge on any atom is -0.487 e. The molecule has 3 rings (SSSR count). The Hall–Kier alpha value is -1.02. The van der Waals surface area contributed by atoms with E-state index < -0.39 is 0 Å². The molecule has 1 spiro atoms. The zero-order valence-corrected chi connectivity index (χ0v) is 11.1. The number of hydrogen-bond acceptors (Lipinski definition) is 2. The number of fused-ring (bicyclic) bond motifs is 1. The molecule has 1 aliphatic heterocycles. The van der Waals surface area contributed by atoms with E-state index in [1.165, 1.54) is 19.3 Å². The summed E-state index contributed by atoms with van der Waals surface area (Å²) in [6, 6.07) is 7.94. The lowest BCUT2D eigenvalue weighted by Crippen LogP contribution is -2.45. The van der Waals surface area contributed by atoms with Crippen molar-refractivity contribution in [3.63, 3.8) is 0 Å². The van der Waals surface area contributed by atoms with E-state index in [9.17, 15) is 5.11 Å². The Morgan fingerprint density at radius 2 is 2.17 bits per heavy atom. The quantitative estimate of drug-likeness (QED) is 0.815. The van der Waals surface area contributed by atoms with Gasteiger partial charge in [0.2, 0.25) is 0 Å². The van der Waals surface area contributed by atoms with E-state index in [1.54, 1.807) is 0 Å². The molecule has 2 aliphatic rings. The van der Waals surface area contributed by atoms with Crippen LogP contribution in [0.4, 0.5) is 0 Å². The molecule has 1 aliphatic carbocycles. The van der Waals surface area contributed by atoms with Crippen molar-refractivity contribution in [2.75, 3.05) is 0 Å². The average Bonchev–Trinajstić information content (AvgIpc) is 2.38. The lowest BCUT2D eigenvalue weighted by molar-refractivity contribution is -0.0521. The second-order valence-electron chi connectivity index (χ2n) is 5.91. The van der Waals surface area contributed by atoms with Crippen molar-refractivity contribution in [3.8, 4) is 5.75 Å². The molecule has 0 amide bonds. The number of rotatable bonds is 1. The fourth-order valence-corrected chi connectivity index (χ4v) is 3.66. The zero-order chi connectivity index (χ0) is 12.6. The molecule has 1 aromatic rings. The molecule has 0 saturated heterocycles. The lowest BCUT2D eigenvalue weighted by Gasteiger charge is -2.45. The van der Waals surface area contributed by atoms with Gasteiger partial charge < -0.3 is 9.84 Å². The summed E-state index contributed by atoms with van der Waals surface area (Å²) in [5, 5.41) is 10.4. The molecule has 0 bridgehead atoms. The van der Waals surface area contributed by atoms with E-state index in [0.717, 1.165) is 36.5 Å². The van der Waals surface area contributed by atoms with E-state index in [4.69, 9.17) is 4.74 Å². The summed E-state index contributed by atoms with van der Waals surface area (Å²) in [6.45, 7) is 2.26. The number of hydrogen-bond donors (Lipinski definition) is 1. The molecular weight excluding hydrogens is 224 g/mol. The van der Waals surface area contributed by atoms with Crippen LogP contribution in [-0.2, 0) is 0 Å². The Labute approximate surface area is 109 Å². The van der Waals surface area contributed by atoms with E-state index >= 15 is 0 Å². The third-order valence-electron chi connectivity index (χ3n) is 4.65. The first-order chi connectivity index (χ1) is 8.72. The van der Waals surface area contributed by atoms with Gasteiger partial charge in [0.15, 0.2) is 0 Å². The molecule has 1 heterocycles. The Balaban J connectivity index is 1.88. The van der Waals surface area contributed by atoms with Crippen LogP contribution in [0.3, 0.4) is 0 Å². The van der Waals surface area contributed by atoms with Gasteiger partial charge in [0.25, 0.3) is 0 Å². The number of aliphatic hydroxyl groups excluding tert-OH is 1. The van der Waals surface area contributed by atoms with Gasteiger partial charge in [-0.3, -0.25) is 0 Å². The molecule has 3 atom stereocenters. The smallest absolute Gasteiger partial charge is 0.125 e. The van der Waals surface area contributed by atoms with Crippen LogP contribution in [-0.4, -0.2) is 10.7 Å². The van der Waals surface area contributed by atoms with Crippen molar-refractivity contribution < 1.29 is 9.84 Å². The number of ether oxygens (including phenoxy) is 1. The summed E-state index contributed by atoms with van der Waals surface area (Å²) in [5.74, 6) is 1.66. The predicted octanol–water partition coefficient (Wildman–Crippen LogP) is 3.84. The van der Waals surface area contributed by atoms with Gasteiger partial charge in [-0.15, -0.1) is 0 Å². The van der Waals surface area contributed by atoms with Gasteiger partial charge in [0.05, 0.1) is 6.10 Å². The van der Waals surface area contributed by atoms with Gasteiger partial charge in [-0.25, -0.2) is 0 Å². The average molecular weight is 246 g/mol. The number of aliphatic hydroxyl groups is 1. The fraction of sp³-hybridized carbons (Fsp3) is 0.625. The van der Waals surface area contributed by atoms with Crippen LogP contribution in [0.15, 0.2) is 24.3 Å². The summed E-state index contributed by atoms with van der Waals surface area (Å²) in [4.78, 5) is 0.